The molecule has 7 heteroatoms. The van der Waals surface area contributed by atoms with Crippen molar-refractivity contribution < 1.29 is 9.15 Å². The van der Waals surface area contributed by atoms with E-state index in [2.05, 4.69) is 184 Å². The number of benzene rings is 10. The van der Waals surface area contributed by atoms with Crippen molar-refractivity contribution in [3.63, 3.8) is 0 Å². The number of nitrogens with zero attached hydrogens (tertiary/aromatic N) is 5. The summed E-state index contributed by atoms with van der Waals surface area (Å²) in [5.41, 5.74) is 19.9. The lowest BCUT2D eigenvalue weighted by atomic mass is 9.65. The molecule has 3 aromatic heterocycles. The number of unbranched alkanes of at least 4 members (excludes halogenated alkanes) is 1. The van der Waals surface area contributed by atoms with Crippen LogP contribution < -0.4 is 4.74 Å². The highest BCUT2D eigenvalue weighted by Crippen LogP contribution is 2.63. The summed E-state index contributed by atoms with van der Waals surface area (Å²) in [6.45, 7) is 4.35. The SMILES string of the molecule is CCCCc1ccc2c(c1)C1(c3ccccc3Oc3cc(-c4cc(-c5ccccc5)nc(-c5ccccc5)n4)ccc31)c1cc(-c3ccc4oc5cccc(-c6nc(-c7ccccc7)nc(-c7ccc(C)cc7)n6)c5c4c3)ccc1-2. The van der Waals surface area contributed by atoms with Gasteiger partial charge in [-0.05, 0) is 101 Å². The van der Waals surface area contributed by atoms with Crippen LogP contribution in [-0.4, -0.2) is 24.9 Å². The fourth-order valence-electron chi connectivity index (χ4n) is 12.2. The highest BCUT2D eigenvalue weighted by atomic mass is 16.5. The van der Waals surface area contributed by atoms with Crippen LogP contribution in [0.2, 0.25) is 0 Å². The van der Waals surface area contributed by atoms with Crippen molar-refractivity contribution in [1.82, 2.24) is 24.9 Å². The Hall–Kier alpha value is -10.1. The van der Waals surface area contributed by atoms with Crippen molar-refractivity contribution in [2.75, 3.05) is 0 Å². The lowest BCUT2D eigenvalue weighted by Gasteiger charge is -2.39. The third kappa shape index (κ3) is 7.84. The third-order valence-electron chi connectivity index (χ3n) is 16.1. The predicted octanol–water partition coefficient (Wildman–Crippen LogP) is 18.3. The van der Waals surface area contributed by atoms with E-state index in [-0.39, 0.29) is 0 Å². The summed E-state index contributed by atoms with van der Waals surface area (Å²) >= 11 is 0. The average molecular weight is 1030 g/mol. The van der Waals surface area contributed by atoms with Crippen molar-refractivity contribution in [2.24, 2.45) is 0 Å². The zero-order valence-corrected chi connectivity index (χ0v) is 44.2. The molecule has 10 aromatic carbocycles. The van der Waals surface area contributed by atoms with Crippen molar-refractivity contribution in [2.45, 2.75) is 38.5 Å². The Morgan fingerprint density at radius 2 is 0.950 bits per heavy atom. The first kappa shape index (κ1) is 47.1. The van der Waals surface area contributed by atoms with E-state index in [0.29, 0.717) is 23.3 Å². The number of para-hydroxylation sites is 1. The van der Waals surface area contributed by atoms with Gasteiger partial charge in [0.2, 0.25) is 0 Å². The Bertz CT molecular complexity index is 4500. The van der Waals surface area contributed by atoms with Gasteiger partial charge in [0, 0.05) is 55.3 Å². The maximum absolute atomic E-state index is 7.13. The number of aryl methyl sites for hydroxylation is 2. The lowest BCUT2D eigenvalue weighted by molar-refractivity contribution is 0.436. The van der Waals surface area contributed by atoms with Gasteiger partial charge in [0.15, 0.2) is 23.3 Å². The summed E-state index contributed by atoms with van der Waals surface area (Å²) in [6.07, 6.45) is 3.23. The molecule has 0 saturated heterocycles. The second kappa shape index (κ2) is 19.1. The van der Waals surface area contributed by atoms with E-state index < -0.39 is 5.41 Å². The molecule has 0 amide bonds. The largest absolute Gasteiger partial charge is 0.457 e. The minimum absolute atomic E-state index is 0.580. The van der Waals surface area contributed by atoms with Crippen LogP contribution in [-0.2, 0) is 11.8 Å². The number of hydrogen-bond donors (Lipinski definition) is 0. The molecule has 380 valence electrons. The molecule has 2 aliphatic rings. The predicted molar refractivity (Wildman–Crippen MR) is 321 cm³/mol. The average Bonchev–Trinajstić information content (AvgIpc) is 4.20. The molecule has 13 aromatic rings. The van der Waals surface area contributed by atoms with Crippen molar-refractivity contribution in [3.05, 3.63) is 270 Å². The standard InChI is InChI=1S/C73H51N5O2/c1-3-4-17-46-30-36-54-55-37-33-52(51-35-39-64-57(41-51)68-56(24-16-27-66(68)79-64)72-77-70(49-22-12-7-13-23-49)76-71(78-72)50-31-28-45(2)29-32-50)42-61(55)73(60(54)40-46)58-25-14-15-26-65(58)80-67-43-53(34-38-59(67)73)63-44-62(47-18-8-5-9-19-47)74-69(75-63)48-20-10-6-11-21-48/h5-16,18-44H,3-4,17H2,1-2H3. The molecule has 0 N–H and O–H groups in total. The molecule has 80 heavy (non-hydrogen) atoms. The maximum Gasteiger partial charge on any atom is 0.164 e. The molecule has 7 nitrogen and oxygen atoms in total. The third-order valence-corrected chi connectivity index (χ3v) is 16.1. The minimum Gasteiger partial charge on any atom is -0.457 e. The Morgan fingerprint density at radius 3 is 1.69 bits per heavy atom. The van der Waals surface area contributed by atoms with Crippen LogP contribution in [0.1, 0.15) is 53.1 Å². The number of fused-ring (bicyclic) bond motifs is 12. The second-order valence-electron chi connectivity index (χ2n) is 21.0. The zero-order valence-electron chi connectivity index (χ0n) is 44.2. The molecule has 0 fully saturated rings. The first-order valence-corrected chi connectivity index (χ1v) is 27.5. The number of furan rings is 1. The first-order chi connectivity index (χ1) is 39.5. The highest BCUT2D eigenvalue weighted by Gasteiger charge is 2.51. The van der Waals surface area contributed by atoms with E-state index in [9.17, 15) is 0 Å². The molecular weight excluding hydrogens is 979 g/mol. The van der Waals surface area contributed by atoms with Crippen LogP contribution in [0.4, 0.5) is 0 Å². The van der Waals surface area contributed by atoms with Crippen LogP contribution in [0, 0.1) is 6.92 Å². The van der Waals surface area contributed by atoms with Crippen LogP contribution in [0.15, 0.2) is 241 Å². The molecular formula is C73H51N5O2. The molecule has 1 aliphatic carbocycles. The summed E-state index contributed by atoms with van der Waals surface area (Å²) in [7, 11) is 0. The van der Waals surface area contributed by atoms with Crippen molar-refractivity contribution >= 4 is 21.9 Å². The van der Waals surface area contributed by atoms with Gasteiger partial charge in [-0.15, -0.1) is 0 Å². The number of aromatic nitrogens is 5. The van der Waals surface area contributed by atoms with Gasteiger partial charge in [-0.3, -0.25) is 0 Å². The summed E-state index contributed by atoms with van der Waals surface area (Å²) in [5, 5.41) is 1.93. The van der Waals surface area contributed by atoms with Crippen LogP contribution in [0.25, 0.3) is 112 Å². The van der Waals surface area contributed by atoms with Crippen LogP contribution >= 0.6 is 0 Å². The number of hydrogen-bond acceptors (Lipinski definition) is 7. The molecule has 1 atom stereocenters. The van der Waals surface area contributed by atoms with Gasteiger partial charge < -0.3 is 9.15 Å². The maximum atomic E-state index is 7.13. The zero-order chi connectivity index (χ0) is 53.3. The fourth-order valence-corrected chi connectivity index (χ4v) is 12.2. The summed E-state index contributed by atoms with van der Waals surface area (Å²) in [6, 6.07) is 83.3. The Balaban J connectivity index is 0.911. The Kier molecular flexibility index (Phi) is 11.3. The van der Waals surface area contributed by atoms with Crippen LogP contribution in [0.5, 0.6) is 11.5 Å². The highest BCUT2D eigenvalue weighted by molar-refractivity contribution is 6.13. The van der Waals surface area contributed by atoms with Crippen LogP contribution in [0.3, 0.4) is 0 Å². The second-order valence-corrected chi connectivity index (χ2v) is 21.0. The monoisotopic (exact) mass is 1030 g/mol. The van der Waals surface area contributed by atoms with Gasteiger partial charge in [0.1, 0.15) is 22.7 Å². The molecule has 1 aliphatic heterocycles. The molecule has 1 unspecified atom stereocenters. The van der Waals surface area contributed by atoms with E-state index in [1.165, 1.54) is 33.4 Å². The number of ether oxygens (including phenoxy) is 1. The fraction of sp³-hybridized carbons (Fsp3) is 0.0822. The Labute approximate surface area is 464 Å². The molecule has 0 saturated carbocycles. The van der Waals surface area contributed by atoms with Gasteiger partial charge in [-0.25, -0.2) is 24.9 Å². The first-order valence-electron chi connectivity index (χ1n) is 27.5. The van der Waals surface area contributed by atoms with E-state index in [1.807, 2.05) is 66.7 Å². The van der Waals surface area contributed by atoms with Crippen molar-refractivity contribution in [1.29, 1.82) is 0 Å². The van der Waals surface area contributed by atoms with Gasteiger partial charge in [-0.1, -0.05) is 213 Å². The minimum atomic E-state index is -0.717. The van der Waals surface area contributed by atoms with Gasteiger partial charge in [0.05, 0.1) is 16.8 Å². The van der Waals surface area contributed by atoms with Gasteiger partial charge >= 0.3 is 0 Å². The Morgan fingerprint density at radius 1 is 0.375 bits per heavy atom. The molecule has 1 spiro atoms. The number of rotatable bonds is 10. The van der Waals surface area contributed by atoms with E-state index >= 15 is 0 Å². The molecule has 0 radical (unpaired) electrons. The smallest absolute Gasteiger partial charge is 0.164 e. The van der Waals surface area contributed by atoms with Gasteiger partial charge in [-0.2, -0.15) is 0 Å². The summed E-state index contributed by atoms with van der Waals surface area (Å²) < 4.78 is 13.8. The van der Waals surface area contributed by atoms with E-state index in [4.69, 9.17) is 34.1 Å². The lowest BCUT2D eigenvalue weighted by Crippen LogP contribution is -2.32. The molecule has 0 bridgehead atoms. The molecule has 15 rings (SSSR count). The molecule has 4 heterocycles. The van der Waals surface area contributed by atoms with Gasteiger partial charge in [0.25, 0.3) is 0 Å². The normalized spacial score (nSPS) is 13.9. The van der Waals surface area contributed by atoms with E-state index in [0.717, 1.165) is 120 Å². The van der Waals surface area contributed by atoms with Crippen molar-refractivity contribution in [3.8, 4) is 102 Å². The summed E-state index contributed by atoms with van der Waals surface area (Å²) in [4.78, 5) is 25.7. The quantitative estimate of drug-likeness (QED) is 0.135. The van der Waals surface area contributed by atoms with E-state index in [1.54, 1.807) is 0 Å². The summed E-state index contributed by atoms with van der Waals surface area (Å²) in [5.74, 6) is 4.09. The topological polar surface area (TPSA) is 86.8 Å².